The van der Waals surface area contributed by atoms with Gasteiger partial charge in [-0.1, -0.05) is 12.5 Å². The summed E-state index contributed by atoms with van der Waals surface area (Å²) in [6.45, 7) is 11.5. The van der Waals surface area contributed by atoms with Gasteiger partial charge in [0.15, 0.2) is 10.8 Å². The van der Waals surface area contributed by atoms with Crippen molar-refractivity contribution >= 4 is 29.0 Å². The summed E-state index contributed by atoms with van der Waals surface area (Å²) < 4.78 is 9.46. The highest BCUT2D eigenvalue weighted by Gasteiger charge is 2.49. The zero-order valence-electron chi connectivity index (χ0n) is 26.2. The van der Waals surface area contributed by atoms with Crippen LogP contribution in [0.4, 0.5) is 0 Å². The van der Waals surface area contributed by atoms with Crippen LogP contribution in [0.15, 0.2) is 11.1 Å². The molecule has 232 valence electrons. The lowest BCUT2D eigenvalue weighted by molar-refractivity contribution is -0.523. The van der Waals surface area contributed by atoms with Crippen LogP contribution in [0.25, 0.3) is 0 Å². The Morgan fingerprint density at radius 2 is 1.78 bits per heavy atom. The number of hydrogen-bond donors (Lipinski definition) is 4. The van der Waals surface area contributed by atoms with Crippen LogP contribution in [0.2, 0.25) is 0 Å². The first-order valence-corrected chi connectivity index (χ1v) is 16.8. The van der Waals surface area contributed by atoms with Crippen LogP contribution < -0.4 is 16.0 Å². The lowest BCUT2D eigenvalue weighted by Gasteiger charge is -2.49. The molecule has 0 aromatic rings. The molecule has 4 aliphatic rings. The van der Waals surface area contributed by atoms with Crippen molar-refractivity contribution in [2.75, 3.05) is 46.8 Å². The van der Waals surface area contributed by atoms with Gasteiger partial charge in [-0.2, -0.15) is 0 Å². The standard InChI is InChI=1S/C32H55N5O3S/c1-6-33-21-10-14-25-28(19-21)40-29-20-23(37(7-2)8-3)12-15-26(29)30(25)24-13-11-22(18-27(24)31(38)39)35-32(41)34-16-9-17-36(4)5/h21-22,24-25,27-29,33H,6-20H2,1-5H3,(H2-,34,35,38,39,41)/p+1. The molecular weight excluding hydrogens is 534 g/mol. The Kier molecular flexibility index (Phi) is 12.0. The van der Waals surface area contributed by atoms with Crippen LogP contribution >= 0.6 is 12.2 Å². The maximum Gasteiger partial charge on any atom is 0.307 e. The number of ether oxygens (including phenoxy) is 1. The highest BCUT2D eigenvalue weighted by atomic mass is 32.1. The summed E-state index contributed by atoms with van der Waals surface area (Å²) in [4.78, 5) is 15.0. The highest BCUT2D eigenvalue weighted by Crippen LogP contribution is 2.50. The van der Waals surface area contributed by atoms with E-state index in [-0.39, 0.29) is 30.1 Å². The second kappa shape index (κ2) is 15.3. The lowest BCUT2D eigenvalue weighted by Crippen LogP contribution is -2.52. The molecule has 3 aliphatic carbocycles. The fourth-order valence-electron chi connectivity index (χ4n) is 8.15. The average Bonchev–Trinajstić information content (AvgIpc) is 2.95. The molecule has 7 atom stereocenters. The first-order chi connectivity index (χ1) is 19.7. The van der Waals surface area contributed by atoms with Crippen molar-refractivity contribution in [2.45, 2.75) is 109 Å². The predicted molar refractivity (Wildman–Crippen MR) is 170 cm³/mol. The predicted octanol–water partition coefficient (Wildman–Crippen LogP) is 3.79. The van der Waals surface area contributed by atoms with Crippen molar-refractivity contribution in [3.63, 3.8) is 0 Å². The monoisotopic (exact) mass is 590 g/mol. The van der Waals surface area contributed by atoms with Crippen LogP contribution in [0.5, 0.6) is 0 Å². The van der Waals surface area contributed by atoms with Crippen LogP contribution in [0, 0.1) is 17.8 Å². The summed E-state index contributed by atoms with van der Waals surface area (Å²) in [6.07, 6.45) is 10.0. The first-order valence-electron chi connectivity index (χ1n) is 16.4. The molecular formula is C32H56N5O3S+. The zero-order valence-corrected chi connectivity index (χ0v) is 27.0. The van der Waals surface area contributed by atoms with Gasteiger partial charge in [0, 0.05) is 31.0 Å². The third-order valence-electron chi connectivity index (χ3n) is 10.1. The van der Waals surface area contributed by atoms with Crippen molar-refractivity contribution in [3.05, 3.63) is 11.1 Å². The van der Waals surface area contributed by atoms with E-state index in [1.807, 2.05) is 0 Å². The molecule has 0 spiro atoms. The van der Waals surface area contributed by atoms with Gasteiger partial charge in [0.1, 0.15) is 13.1 Å². The van der Waals surface area contributed by atoms with E-state index < -0.39 is 5.97 Å². The summed E-state index contributed by atoms with van der Waals surface area (Å²) in [5.41, 5.74) is 4.44. The van der Waals surface area contributed by atoms with Crippen molar-refractivity contribution in [3.8, 4) is 0 Å². The number of carboxylic acid groups (broad SMARTS) is 1. The van der Waals surface area contributed by atoms with Gasteiger partial charge in [0.25, 0.3) is 0 Å². The minimum Gasteiger partial charge on any atom is -0.481 e. The minimum absolute atomic E-state index is 0.0896. The van der Waals surface area contributed by atoms with Crippen LogP contribution in [-0.2, 0) is 9.53 Å². The quantitative estimate of drug-likeness (QED) is 0.125. The van der Waals surface area contributed by atoms with Crippen LogP contribution in [0.1, 0.15) is 85.0 Å². The van der Waals surface area contributed by atoms with Crippen molar-refractivity contribution in [1.82, 2.24) is 20.9 Å². The van der Waals surface area contributed by atoms with Crippen LogP contribution in [-0.4, -0.2) is 102 Å². The number of nitrogens with one attached hydrogen (secondary N) is 3. The molecule has 9 heteroatoms. The number of carbonyl (C=O) groups is 1. The van der Waals surface area contributed by atoms with Crippen LogP contribution in [0.3, 0.4) is 0 Å². The summed E-state index contributed by atoms with van der Waals surface area (Å²) in [7, 11) is 4.15. The Morgan fingerprint density at radius 1 is 1.05 bits per heavy atom. The lowest BCUT2D eigenvalue weighted by atomic mass is 9.63. The molecule has 41 heavy (non-hydrogen) atoms. The molecule has 8 nitrogen and oxygen atoms in total. The normalized spacial score (nSPS) is 31.9. The Morgan fingerprint density at radius 3 is 2.46 bits per heavy atom. The van der Waals surface area contributed by atoms with Gasteiger partial charge in [0.05, 0.1) is 24.5 Å². The zero-order chi connectivity index (χ0) is 29.5. The number of thiocarbonyl (C=S) groups is 1. The molecule has 4 N–H and O–H groups in total. The summed E-state index contributed by atoms with van der Waals surface area (Å²) in [6, 6.07) is 0.581. The SMILES string of the molecule is CCNC1CCC2C(C3CCC(NC(=S)NCCCN(C)C)CC3C(=O)O)=C3CCC(=[N+](CC)CC)CC3OC2C1. The molecule has 1 aliphatic heterocycles. The molecule has 0 radical (unpaired) electrons. The molecule has 0 saturated heterocycles. The smallest absolute Gasteiger partial charge is 0.307 e. The first kappa shape index (κ1) is 32.4. The van der Waals surface area contributed by atoms with E-state index in [0.29, 0.717) is 23.5 Å². The minimum atomic E-state index is -0.661. The molecule has 0 aromatic carbocycles. The topological polar surface area (TPSA) is 88.9 Å². The second-order valence-electron chi connectivity index (χ2n) is 12.9. The highest BCUT2D eigenvalue weighted by molar-refractivity contribution is 7.80. The van der Waals surface area contributed by atoms with Gasteiger partial charge in [0.2, 0.25) is 0 Å². The Labute approximate surface area is 253 Å². The van der Waals surface area contributed by atoms with Crippen molar-refractivity contribution in [1.29, 1.82) is 0 Å². The molecule has 0 amide bonds. The number of nitrogens with zero attached hydrogens (tertiary/aromatic N) is 2. The molecule has 0 bridgehead atoms. The average molecular weight is 591 g/mol. The summed E-state index contributed by atoms with van der Waals surface area (Å²) in [5, 5.41) is 21.7. The third kappa shape index (κ3) is 8.09. The van der Waals surface area contributed by atoms with E-state index in [4.69, 9.17) is 17.0 Å². The Hall–Kier alpha value is -1.55. The Balaban J connectivity index is 1.54. The van der Waals surface area contributed by atoms with E-state index in [0.717, 1.165) is 90.5 Å². The third-order valence-corrected chi connectivity index (χ3v) is 10.3. The van der Waals surface area contributed by atoms with Gasteiger partial charge in [-0.15, -0.1) is 0 Å². The maximum atomic E-state index is 12.8. The number of rotatable bonds is 11. The molecule has 0 aromatic heterocycles. The van der Waals surface area contributed by atoms with Crippen molar-refractivity contribution in [2.24, 2.45) is 17.8 Å². The molecule has 3 fully saturated rings. The number of aliphatic carboxylic acids is 1. The van der Waals surface area contributed by atoms with Crippen molar-refractivity contribution < 1.29 is 19.2 Å². The van der Waals surface area contributed by atoms with E-state index in [9.17, 15) is 9.90 Å². The van der Waals surface area contributed by atoms with E-state index in [1.165, 1.54) is 16.9 Å². The Bertz CT molecular complexity index is 976. The van der Waals surface area contributed by atoms with Gasteiger partial charge in [-0.05, 0) is 116 Å². The van der Waals surface area contributed by atoms with Gasteiger partial charge in [-0.25, -0.2) is 4.58 Å². The van der Waals surface area contributed by atoms with E-state index in [1.54, 1.807) is 0 Å². The molecule has 1 heterocycles. The van der Waals surface area contributed by atoms with Gasteiger partial charge < -0.3 is 30.7 Å². The van der Waals surface area contributed by atoms with E-state index in [2.05, 4.69) is 60.3 Å². The summed E-state index contributed by atoms with van der Waals surface area (Å²) in [5.74, 6) is -0.611. The molecule has 3 saturated carbocycles. The van der Waals surface area contributed by atoms with Gasteiger partial charge in [-0.3, -0.25) is 4.79 Å². The largest absolute Gasteiger partial charge is 0.481 e. The molecule has 7 unspecified atom stereocenters. The number of carboxylic acids is 1. The fourth-order valence-corrected chi connectivity index (χ4v) is 8.42. The second-order valence-corrected chi connectivity index (χ2v) is 13.3. The van der Waals surface area contributed by atoms with E-state index >= 15 is 0 Å². The maximum absolute atomic E-state index is 12.8. The number of hydrogen-bond acceptors (Lipinski definition) is 5. The summed E-state index contributed by atoms with van der Waals surface area (Å²) >= 11 is 5.59. The molecule has 4 rings (SSSR count). The fraction of sp³-hybridized carbons (Fsp3) is 0.844. The number of fused-ring (bicyclic) bond motifs is 2. The van der Waals surface area contributed by atoms with Gasteiger partial charge >= 0.3 is 5.97 Å².